The predicted molar refractivity (Wildman–Crippen MR) is 94.1 cm³/mol. The number of benzene rings is 3. The van der Waals surface area contributed by atoms with Crippen molar-refractivity contribution in [1.29, 1.82) is 0 Å². The van der Waals surface area contributed by atoms with Gasteiger partial charge in [-0.05, 0) is 12.1 Å². The standard InChI is InChI=1S/C22H12O3/c23-21-13-7-1-2-8-14(13)22(24)20(21)19-15-9-3-5-11-17(15)25-18-12-6-4-10-16(18)19/h1-12H. The molecule has 0 bridgehead atoms. The number of hydrogen-bond acceptors (Lipinski definition) is 3. The van der Waals surface area contributed by atoms with Crippen LogP contribution in [-0.4, -0.2) is 11.6 Å². The maximum Gasteiger partial charge on any atom is 0.198 e. The lowest BCUT2D eigenvalue weighted by Gasteiger charge is -2.23. The van der Waals surface area contributed by atoms with Gasteiger partial charge in [0.05, 0.1) is 5.57 Å². The first kappa shape index (κ1) is 13.9. The van der Waals surface area contributed by atoms with Gasteiger partial charge in [-0.25, -0.2) is 0 Å². The molecule has 5 rings (SSSR count). The van der Waals surface area contributed by atoms with Gasteiger partial charge < -0.3 is 4.74 Å². The third-order valence-corrected chi connectivity index (χ3v) is 4.65. The molecule has 0 radical (unpaired) electrons. The van der Waals surface area contributed by atoms with E-state index in [1.807, 2.05) is 48.5 Å². The Hall–Kier alpha value is -3.46. The highest BCUT2D eigenvalue weighted by atomic mass is 16.5. The summed E-state index contributed by atoms with van der Waals surface area (Å²) in [4.78, 5) is 26.0. The number of ether oxygens (including phenoxy) is 1. The summed E-state index contributed by atoms with van der Waals surface area (Å²) in [5, 5.41) is 0. The maximum absolute atomic E-state index is 13.0. The van der Waals surface area contributed by atoms with Crippen LogP contribution in [0.5, 0.6) is 11.5 Å². The van der Waals surface area contributed by atoms with Crippen molar-refractivity contribution in [2.75, 3.05) is 0 Å². The van der Waals surface area contributed by atoms with Crippen molar-refractivity contribution < 1.29 is 14.3 Å². The molecule has 118 valence electrons. The maximum atomic E-state index is 13.0. The summed E-state index contributed by atoms with van der Waals surface area (Å²) >= 11 is 0. The van der Waals surface area contributed by atoms with E-state index in [2.05, 4.69) is 0 Å². The molecule has 3 aromatic rings. The molecule has 0 unspecified atom stereocenters. The topological polar surface area (TPSA) is 43.4 Å². The molecule has 0 aromatic heterocycles. The highest BCUT2D eigenvalue weighted by molar-refractivity contribution is 6.43. The number of para-hydroxylation sites is 2. The van der Waals surface area contributed by atoms with Gasteiger partial charge in [0.2, 0.25) is 0 Å². The first-order valence-electron chi connectivity index (χ1n) is 8.05. The van der Waals surface area contributed by atoms with E-state index in [0.717, 1.165) is 11.1 Å². The first-order chi connectivity index (χ1) is 12.3. The molecule has 2 aliphatic rings. The third kappa shape index (κ3) is 1.86. The Morgan fingerprint density at radius 2 is 0.880 bits per heavy atom. The Morgan fingerprint density at radius 1 is 0.480 bits per heavy atom. The van der Waals surface area contributed by atoms with Gasteiger partial charge >= 0.3 is 0 Å². The van der Waals surface area contributed by atoms with Crippen LogP contribution in [0.3, 0.4) is 0 Å². The van der Waals surface area contributed by atoms with Crippen molar-refractivity contribution in [3.05, 3.63) is 101 Å². The molecule has 25 heavy (non-hydrogen) atoms. The first-order valence-corrected chi connectivity index (χ1v) is 8.05. The van der Waals surface area contributed by atoms with E-state index in [1.165, 1.54) is 0 Å². The second kappa shape index (κ2) is 5.02. The number of carbonyl (C=O) groups excluding carboxylic acids is 2. The molecule has 0 N–H and O–H groups in total. The van der Waals surface area contributed by atoms with E-state index < -0.39 is 0 Å². The van der Waals surface area contributed by atoms with Crippen LogP contribution < -0.4 is 4.74 Å². The molecule has 3 aromatic carbocycles. The van der Waals surface area contributed by atoms with Crippen LogP contribution in [0.15, 0.2) is 78.4 Å². The van der Waals surface area contributed by atoms with Crippen LogP contribution in [0.4, 0.5) is 0 Å². The van der Waals surface area contributed by atoms with Crippen molar-refractivity contribution in [3.63, 3.8) is 0 Å². The highest BCUT2D eigenvalue weighted by Crippen LogP contribution is 2.46. The van der Waals surface area contributed by atoms with Crippen LogP contribution in [0, 0.1) is 0 Å². The van der Waals surface area contributed by atoms with Crippen LogP contribution in [0.1, 0.15) is 31.8 Å². The fourth-order valence-electron chi connectivity index (χ4n) is 3.54. The average Bonchev–Trinajstić information content (AvgIpc) is 2.91. The number of rotatable bonds is 0. The largest absolute Gasteiger partial charge is 0.456 e. The lowest BCUT2D eigenvalue weighted by molar-refractivity contribution is 0.0990. The van der Waals surface area contributed by atoms with Crippen molar-refractivity contribution in [3.8, 4) is 11.5 Å². The van der Waals surface area contributed by atoms with Crippen LogP contribution in [0.25, 0.3) is 5.57 Å². The Morgan fingerprint density at radius 3 is 1.36 bits per heavy atom. The van der Waals surface area contributed by atoms with Gasteiger partial charge in [0.1, 0.15) is 11.5 Å². The van der Waals surface area contributed by atoms with Gasteiger partial charge in [-0.1, -0.05) is 60.7 Å². The van der Waals surface area contributed by atoms with Gasteiger partial charge in [0.15, 0.2) is 11.6 Å². The highest BCUT2D eigenvalue weighted by Gasteiger charge is 2.38. The molecule has 0 fully saturated rings. The number of allylic oxidation sites excluding steroid dienone is 1. The minimum Gasteiger partial charge on any atom is -0.456 e. The van der Waals surface area contributed by atoms with E-state index in [0.29, 0.717) is 28.2 Å². The van der Waals surface area contributed by atoms with E-state index in [9.17, 15) is 9.59 Å². The fraction of sp³-hybridized carbons (Fsp3) is 0. The van der Waals surface area contributed by atoms with Gasteiger partial charge in [0, 0.05) is 27.8 Å². The minimum atomic E-state index is -0.220. The number of carbonyl (C=O) groups is 2. The fourth-order valence-corrected chi connectivity index (χ4v) is 3.54. The lowest BCUT2D eigenvalue weighted by atomic mass is 9.88. The quantitative estimate of drug-likeness (QED) is 0.349. The van der Waals surface area contributed by atoms with Crippen molar-refractivity contribution >= 4 is 17.1 Å². The molecule has 1 aliphatic carbocycles. The molecule has 1 aliphatic heterocycles. The predicted octanol–water partition coefficient (Wildman–Crippen LogP) is 4.67. The molecular formula is C22H12O3. The van der Waals surface area contributed by atoms with Crippen LogP contribution in [0.2, 0.25) is 0 Å². The average molecular weight is 324 g/mol. The molecule has 3 nitrogen and oxygen atoms in total. The SMILES string of the molecule is O=C1C(=C2c3ccccc3Oc3ccccc32)C(=O)c2ccccc21. The van der Waals surface area contributed by atoms with E-state index in [4.69, 9.17) is 4.74 Å². The smallest absolute Gasteiger partial charge is 0.198 e. The third-order valence-electron chi connectivity index (χ3n) is 4.65. The monoisotopic (exact) mass is 324 g/mol. The van der Waals surface area contributed by atoms with Crippen molar-refractivity contribution in [2.45, 2.75) is 0 Å². The summed E-state index contributed by atoms with van der Waals surface area (Å²) in [7, 11) is 0. The molecule has 0 atom stereocenters. The Balaban J connectivity index is 1.88. The molecule has 1 heterocycles. The number of ketones is 2. The Bertz CT molecular complexity index is 1020. The zero-order valence-corrected chi connectivity index (χ0v) is 13.2. The Kier molecular flexibility index (Phi) is 2.80. The van der Waals surface area contributed by atoms with E-state index in [1.54, 1.807) is 24.3 Å². The molecule has 3 heteroatoms. The summed E-state index contributed by atoms with van der Waals surface area (Å²) in [5.41, 5.74) is 3.36. The molecule has 0 amide bonds. The van der Waals surface area contributed by atoms with Gasteiger partial charge in [0.25, 0.3) is 0 Å². The molecular weight excluding hydrogens is 312 g/mol. The van der Waals surface area contributed by atoms with Gasteiger partial charge in [-0.2, -0.15) is 0 Å². The van der Waals surface area contributed by atoms with Gasteiger partial charge in [-0.15, -0.1) is 0 Å². The second-order valence-corrected chi connectivity index (χ2v) is 6.05. The van der Waals surface area contributed by atoms with Crippen molar-refractivity contribution in [2.24, 2.45) is 0 Å². The lowest BCUT2D eigenvalue weighted by Crippen LogP contribution is -2.10. The zero-order valence-electron chi connectivity index (χ0n) is 13.2. The number of hydrogen-bond donors (Lipinski definition) is 0. The number of Topliss-reactive ketones (excluding diaryl/α,β-unsaturated/α-hetero) is 2. The van der Waals surface area contributed by atoms with Crippen LogP contribution >= 0.6 is 0 Å². The van der Waals surface area contributed by atoms with E-state index >= 15 is 0 Å². The summed E-state index contributed by atoms with van der Waals surface area (Å²) < 4.78 is 5.96. The molecule has 0 saturated carbocycles. The zero-order chi connectivity index (χ0) is 17.0. The normalized spacial score (nSPS) is 14.7. The summed E-state index contributed by atoms with van der Waals surface area (Å²) in [5.74, 6) is 0.865. The summed E-state index contributed by atoms with van der Waals surface area (Å²) in [6, 6.07) is 22.0. The van der Waals surface area contributed by atoms with Crippen molar-refractivity contribution in [1.82, 2.24) is 0 Å². The Labute approximate surface area is 144 Å². The number of fused-ring (bicyclic) bond motifs is 3. The van der Waals surface area contributed by atoms with Crippen LogP contribution in [-0.2, 0) is 0 Å². The molecule has 0 saturated heterocycles. The second-order valence-electron chi connectivity index (χ2n) is 6.05. The summed E-state index contributed by atoms with van der Waals surface area (Å²) in [6.07, 6.45) is 0. The molecule has 0 spiro atoms. The minimum absolute atomic E-state index is 0.220. The summed E-state index contributed by atoms with van der Waals surface area (Å²) in [6.45, 7) is 0. The van der Waals surface area contributed by atoms with Gasteiger partial charge in [-0.3, -0.25) is 9.59 Å². The van der Waals surface area contributed by atoms with E-state index in [-0.39, 0.29) is 17.1 Å².